The third-order valence-electron chi connectivity index (χ3n) is 5.49. The van der Waals surface area contributed by atoms with Crippen molar-refractivity contribution < 1.29 is 19.1 Å². The lowest BCUT2D eigenvalue weighted by atomic mass is 10.1. The molecule has 1 heterocycles. The smallest absolute Gasteiger partial charge is 0.238 e. The molecule has 8 heteroatoms. The van der Waals surface area contributed by atoms with Gasteiger partial charge in [-0.1, -0.05) is 24.3 Å². The van der Waals surface area contributed by atoms with Crippen LogP contribution in [-0.4, -0.2) is 67.4 Å². The van der Waals surface area contributed by atoms with Crippen LogP contribution in [0.2, 0.25) is 0 Å². The van der Waals surface area contributed by atoms with E-state index in [0.717, 1.165) is 11.1 Å². The van der Waals surface area contributed by atoms with E-state index in [0.29, 0.717) is 49.7 Å². The summed E-state index contributed by atoms with van der Waals surface area (Å²) in [5.41, 5.74) is 3.24. The third-order valence-corrected chi connectivity index (χ3v) is 5.49. The van der Waals surface area contributed by atoms with Gasteiger partial charge in [0.1, 0.15) is 5.75 Å². The maximum Gasteiger partial charge on any atom is 0.238 e. The molecule has 1 aliphatic rings. The zero-order valence-corrected chi connectivity index (χ0v) is 18.8. The summed E-state index contributed by atoms with van der Waals surface area (Å²) in [5, 5.41) is 5.55. The number of hydrogen-bond acceptors (Lipinski definition) is 5. The first kappa shape index (κ1) is 23.3. The number of piperazine rings is 1. The molecule has 1 fully saturated rings. The van der Waals surface area contributed by atoms with Crippen molar-refractivity contribution in [3.05, 3.63) is 53.6 Å². The van der Waals surface area contributed by atoms with E-state index in [2.05, 4.69) is 10.6 Å². The number of rotatable bonds is 7. The molecule has 0 saturated carbocycles. The Morgan fingerprint density at radius 3 is 2.38 bits per heavy atom. The monoisotopic (exact) mass is 438 g/mol. The number of aryl methyl sites for hydroxylation is 1. The van der Waals surface area contributed by atoms with E-state index >= 15 is 0 Å². The van der Waals surface area contributed by atoms with Gasteiger partial charge in [0.2, 0.25) is 17.7 Å². The molecular weight excluding hydrogens is 408 g/mol. The summed E-state index contributed by atoms with van der Waals surface area (Å²) < 4.78 is 5.31. The van der Waals surface area contributed by atoms with E-state index in [1.54, 1.807) is 18.2 Å². The van der Waals surface area contributed by atoms with Gasteiger partial charge in [-0.05, 0) is 36.2 Å². The molecule has 3 amide bonds. The molecule has 0 radical (unpaired) electrons. The molecule has 32 heavy (non-hydrogen) atoms. The lowest BCUT2D eigenvalue weighted by molar-refractivity contribution is -0.132. The molecular formula is C24H30N4O4. The summed E-state index contributed by atoms with van der Waals surface area (Å²) in [4.78, 5) is 40.4. The summed E-state index contributed by atoms with van der Waals surface area (Å²) >= 11 is 0. The maximum absolute atomic E-state index is 12.7. The van der Waals surface area contributed by atoms with Crippen molar-refractivity contribution in [3.63, 3.8) is 0 Å². The van der Waals surface area contributed by atoms with Crippen molar-refractivity contribution in [2.24, 2.45) is 0 Å². The van der Waals surface area contributed by atoms with E-state index in [4.69, 9.17) is 4.74 Å². The zero-order chi connectivity index (χ0) is 23.1. The van der Waals surface area contributed by atoms with Crippen molar-refractivity contribution in [1.29, 1.82) is 0 Å². The highest BCUT2D eigenvalue weighted by Crippen LogP contribution is 2.28. The van der Waals surface area contributed by atoms with Crippen LogP contribution in [0.3, 0.4) is 0 Å². The number of anilines is 2. The summed E-state index contributed by atoms with van der Waals surface area (Å²) in [5.74, 6) is 0.257. The van der Waals surface area contributed by atoms with E-state index in [-0.39, 0.29) is 24.3 Å². The minimum Gasteiger partial charge on any atom is -0.495 e. The topological polar surface area (TPSA) is 91.0 Å². The number of benzene rings is 2. The Kier molecular flexibility index (Phi) is 7.83. The lowest BCUT2D eigenvalue weighted by Gasteiger charge is -2.34. The molecule has 0 atom stereocenters. The molecule has 1 saturated heterocycles. The van der Waals surface area contributed by atoms with Gasteiger partial charge in [0.05, 0.1) is 25.8 Å². The second kappa shape index (κ2) is 10.8. The molecule has 3 rings (SSSR count). The summed E-state index contributed by atoms with van der Waals surface area (Å²) in [6.45, 7) is 6.12. The first-order chi connectivity index (χ1) is 15.4. The van der Waals surface area contributed by atoms with Crippen molar-refractivity contribution >= 4 is 29.1 Å². The molecule has 0 aliphatic carbocycles. The van der Waals surface area contributed by atoms with Gasteiger partial charge < -0.3 is 20.3 Å². The third kappa shape index (κ3) is 6.31. The Labute approximate surface area is 188 Å². The van der Waals surface area contributed by atoms with Crippen LogP contribution >= 0.6 is 0 Å². The fourth-order valence-electron chi connectivity index (χ4n) is 3.72. The number of carbonyl (C=O) groups is 3. The van der Waals surface area contributed by atoms with Gasteiger partial charge in [-0.2, -0.15) is 0 Å². The summed E-state index contributed by atoms with van der Waals surface area (Å²) in [6.07, 6.45) is 0.400. The first-order valence-electron chi connectivity index (χ1n) is 10.7. The molecule has 2 aromatic rings. The highest BCUT2D eigenvalue weighted by molar-refractivity contribution is 5.96. The number of ether oxygens (including phenoxy) is 1. The second-order valence-electron chi connectivity index (χ2n) is 7.90. The molecule has 0 unspecified atom stereocenters. The average Bonchev–Trinajstić information content (AvgIpc) is 2.75. The van der Waals surface area contributed by atoms with Crippen LogP contribution < -0.4 is 15.4 Å². The van der Waals surface area contributed by atoms with Gasteiger partial charge >= 0.3 is 0 Å². The Morgan fingerprint density at radius 2 is 1.72 bits per heavy atom. The molecule has 170 valence electrons. The molecule has 8 nitrogen and oxygen atoms in total. The van der Waals surface area contributed by atoms with Crippen LogP contribution in [0.25, 0.3) is 0 Å². The number of methoxy groups -OCH3 is 1. The Balaban J connectivity index is 1.51. The van der Waals surface area contributed by atoms with E-state index in [1.807, 2.05) is 41.0 Å². The first-order valence-corrected chi connectivity index (χ1v) is 10.7. The highest BCUT2D eigenvalue weighted by Gasteiger charge is 2.23. The Hall–Kier alpha value is -3.39. The van der Waals surface area contributed by atoms with E-state index in [1.165, 1.54) is 14.0 Å². The minimum atomic E-state index is -0.192. The van der Waals surface area contributed by atoms with Gasteiger partial charge in [-0.25, -0.2) is 0 Å². The highest BCUT2D eigenvalue weighted by atomic mass is 16.5. The fourth-order valence-corrected chi connectivity index (χ4v) is 3.72. The van der Waals surface area contributed by atoms with Crippen LogP contribution in [0.1, 0.15) is 18.1 Å². The second-order valence-corrected chi connectivity index (χ2v) is 7.90. The van der Waals surface area contributed by atoms with E-state index in [9.17, 15) is 14.4 Å². The number of carbonyl (C=O) groups excluding carboxylic acids is 3. The number of nitrogens with one attached hydrogen (secondary N) is 2. The summed E-state index contributed by atoms with van der Waals surface area (Å²) in [7, 11) is 1.52. The van der Waals surface area contributed by atoms with Gasteiger partial charge in [0.25, 0.3) is 0 Å². The number of nitrogens with zero attached hydrogens (tertiary/aromatic N) is 2. The predicted molar refractivity (Wildman–Crippen MR) is 124 cm³/mol. The number of amides is 3. The zero-order valence-electron chi connectivity index (χ0n) is 18.8. The van der Waals surface area contributed by atoms with Crippen LogP contribution in [0, 0.1) is 6.92 Å². The van der Waals surface area contributed by atoms with Crippen molar-refractivity contribution in [2.45, 2.75) is 20.3 Å². The predicted octanol–water partition coefficient (Wildman–Crippen LogP) is 2.29. The molecule has 0 aromatic heterocycles. The molecule has 0 spiro atoms. The minimum absolute atomic E-state index is 0.114. The SMILES string of the molecule is COc1ccc(NC(C)=O)cc1NC(=O)CN1CCN(C(=O)Cc2ccccc2C)CC1. The Morgan fingerprint density at radius 1 is 1.00 bits per heavy atom. The molecule has 1 aliphatic heterocycles. The van der Waals surface area contributed by atoms with Gasteiger partial charge in [0, 0.05) is 38.8 Å². The molecule has 2 aromatic carbocycles. The fraction of sp³-hybridized carbons (Fsp3) is 0.375. The van der Waals surface area contributed by atoms with Crippen LogP contribution in [0.15, 0.2) is 42.5 Å². The quantitative estimate of drug-likeness (QED) is 0.692. The number of hydrogen-bond donors (Lipinski definition) is 2. The van der Waals surface area contributed by atoms with Crippen LogP contribution in [0.4, 0.5) is 11.4 Å². The average molecular weight is 439 g/mol. The van der Waals surface area contributed by atoms with Gasteiger partial charge in [0.15, 0.2) is 0 Å². The van der Waals surface area contributed by atoms with Gasteiger partial charge in [-0.3, -0.25) is 19.3 Å². The molecule has 2 N–H and O–H groups in total. The lowest BCUT2D eigenvalue weighted by Crippen LogP contribution is -2.50. The van der Waals surface area contributed by atoms with Crippen LogP contribution in [0.5, 0.6) is 5.75 Å². The van der Waals surface area contributed by atoms with Crippen LogP contribution in [-0.2, 0) is 20.8 Å². The normalized spacial score (nSPS) is 14.0. The Bertz CT molecular complexity index is 984. The van der Waals surface area contributed by atoms with E-state index < -0.39 is 0 Å². The van der Waals surface area contributed by atoms with Crippen molar-refractivity contribution in [3.8, 4) is 5.75 Å². The van der Waals surface area contributed by atoms with Crippen molar-refractivity contribution in [2.75, 3.05) is 50.5 Å². The summed E-state index contributed by atoms with van der Waals surface area (Å²) in [6, 6.07) is 13.0. The largest absolute Gasteiger partial charge is 0.495 e. The maximum atomic E-state index is 12.7. The standard InChI is InChI=1S/C24H30N4O4/c1-17-6-4-5-7-19(17)14-24(31)28-12-10-27(11-13-28)16-23(30)26-21-15-20(25-18(2)29)8-9-22(21)32-3/h4-9,15H,10-14,16H2,1-3H3,(H,25,29)(H,26,30). The van der Waals surface area contributed by atoms with Crippen molar-refractivity contribution in [1.82, 2.24) is 9.80 Å². The van der Waals surface area contributed by atoms with Gasteiger partial charge in [-0.15, -0.1) is 0 Å². The molecule has 0 bridgehead atoms.